The molecule has 0 radical (unpaired) electrons. The molecule has 0 aliphatic carbocycles. The summed E-state index contributed by atoms with van der Waals surface area (Å²) in [6, 6.07) is 7.53. The second-order valence-electron chi connectivity index (χ2n) is 4.31. The fourth-order valence-electron chi connectivity index (χ4n) is 1.69. The molecule has 19 heavy (non-hydrogen) atoms. The minimum atomic E-state index is -3.42. The fraction of sp³-hybridized carbons (Fsp3) is 0.500. The third-order valence-corrected chi connectivity index (χ3v) is 3.94. The lowest BCUT2D eigenvalue weighted by Gasteiger charge is -2.25. The fourth-order valence-corrected chi connectivity index (χ4v) is 2.21. The van der Waals surface area contributed by atoms with Crippen LogP contribution in [0.1, 0.15) is 11.6 Å². The van der Waals surface area contributed by atoms with Gasteiger partial charge in [0, 0.05) is 19.6 Å². The van der Waals surface area contributed by atoms with E-state index in [1.165, 1.54) is 7.05 Å². The zero-order chi connectivity index (χ0) is 14.5. The van der Waals surface area contributed by atoms with Crippen molar-refractivity contribution in [2.75, 3.05) is 34.8 Å². The van der Waals surface area contributed by atoms with Crippen LogP contribution in [-0.4, -0.2) is 48.1 Å². The van der Waals surface area contributed by atoms with Crippen LogP contribution in [0.4, 0.5) is 0 Å². The highest BCUT2D eigenvalue weighted by Gasteiger charge is 2.17. The van der Waals surface area contributed by atoms with Gasteiger partial charge in [0.05, 0.1) is 7.11 Å². The Morgan fingerprint density at radius 2 is 1.84 bits per heavy atom. The Morgan fingerprint density at radius 1 is 1.26 bits per heavy atom. The van der Waals surface area contributed by atoms with Crippen LogP contribution in [0.15, 0.2) is 24.3 Å². The molecule has 2 N–H and O–H groups in total. The summed E-state index contributed by atoms with van der Waals surface area (Å²) in [6.07, 6.45) is 0. The lowest BCUT2D eigenvalue weighted by molar-refractivity contribution is 0.299. The van der Waals surface area contributed by atoms with Gasteiger partial charge < -0.3 is 9.64 Å². The van der Waals surface area contributed by atoms with Gasteiger partial charge in [-0.3, -0.25) is 0 Å². The molecule has 0 saturated heterocycles. The Bertz CT molecular complexity index is 485. The molecule has 0 spiro atoms. The van der Waals surface area contributed by atoms with Gasteiger partial charge in [0.25, 0.3) is 10.2 Å². The van der Waals surface area contributed by atoms with E-state index in [1.807, 2.05) is 43.3 Å². The molecule has 1 unspecified atom stereocenters. The van der Waals surface area contributed by atoms with Gasteiger partial charge in [-0.05, 0) is 31.8 Å². The number of benzene rings is 1. The van der Waals surface area contributed by atoms with Gasteiger partial charge in [-0.1, -0.05) is 12.1 Å². The summed E-state index contributed by atoms with van der Waals surface area (Å²) < 4.78 is 32.6. The molecule has 1 rings (SSSR count). The Labute approximate surface area is 114 Å². The molecule has 0 aliphatic rings. The highest BCUT2D eigenvalue weighted by molar-refractivity contribution is 7.87. The molecule has 0 bridgehead atoms. The summed E-state index contributed by atoms with van der Waals surface area (Å²) in [5.74, 6) is 0.775. The Balaban J connectivity index is 2.82. The van der Waals surface area contributed by atoms with E-state index in [2.05, 4.69) is 9.44 Å². The Hall–Kier alpha value is -1.15. The van der Waals surface area contributed by atoms with Gasteiger partial charge in [-0.15, -0.1) is 0 Å². The number of hydrogen-bond donors (Lipinski definition) is 2. The van der Waals surface area contributed by atoms with E-state index in [-0.39, 0.29) is 6.04 Å². The summed E-state index contributed by atoms with van der Waals surface area (Å²) in [4.78, 5) is 1.96. The SMILES string of the molecule is CNS(=O)(=O)NCC(c1ccc(OC)cc1)N(C)C. The first-order valence-corrected chi connectivity index (χ1v) is 7.36. The van der Waals surface area contributed by atoms with E-state index in [0.29, 0.717) is 6.54 Å². The maximum atomic E-state index is 11.4. The summed E-state index contributed by atoms with van der Waals surface area (Å²) in [5, 5.41) is 0. The minimum Gasteiger partial charge on any atom is -0.497 e. The van der Waals surface area contributed by atoms with Gasteiger partial charge in [0.15, 0.2) is 0 Å². The third-order valence-electron chi connectivity index (χ3n) is 2.86. The van der Waals surface area contributed by atoms with E-state index >= 15 is 0 Å². The summed E-state index contributed by atoms with van der Waals surface area (Å²) in [5.41, 5.74) is 1.02. The van der Waals surface area contributed by atoms with Crippen molar-refractivity contribution in [1.29, 1.82) is 0 Å². The zero-order valence-electron chi connectivity index (χ0n) is 11.7. The molecule has 6 nitrogen and oxygen atoms in total. The molecule has 0 aromatic heterocycles. The van der Waals surface area contributed by atoms with Crippen LogP contribution >= 0.6 is 0 Å². The number of ether oxygens (including phenoxy) is 1. The average Bonchev–Trinajstić information content (AvgIpc) is 2.39. The predicted molar refractivity (Wildman–Crippen MR) is 75.4 cm³/mol. The number of nitrogens with one attached hydrogen (secondary N) is 2. The normalized spacial score (nSPS) is 13.5. The Morgan fingerprint density at radius 3 is 2.26 bits per heavy atom. The van der Waals surface area contributed by atoms with Crippen LogP contribution in [0.25, 0.3) is 0 Å². The van der Waals surface area contributed by atoms with Crippen molar-refractivity contribution in [3.63, 3.8) is 0 Å². The van der Waals surface area contributed by atoms with Crippen molar-refractivity contribution in [3.8, 4) is 5.75 Å². The molecule has 0 aliphatic heterocycles. The maximum absolute atomic E-state index is 11.4. The van der Waals surface area contributed by atoms with E-state index in [1.54, 1.807) is 7.11 Å². The standard InChI is InChI=1S/C12H21N3O3S/c1-13-19(16,17)14-9-12(15(2)3)10-5-7-11(18-4)8-6-10/h5-8,12-14H,9H2,1-4H3. The lowest BCUT2D eigenvalue weighted by atomic mass is 10.1. The molecular formula is C12H21N3O3S. The van der Waals surface area contributed by atoms with Crippen molar-refractivity contribution < 1.29 is 13.2 Å². The summed E-state index contributed by atoms with van der Waals surface area (Å²) >= 11 is 0. The van der Waals surface area contributed by atoms with Crippen LogP contribution in [0.5, 0.6) is 5.75 Å². The van der Waals surface area contributed by atoms with Crippen molar-refractivity contribution in [2.24, 2.45) is 0 Å². The van der Waals surface area contributed by atoms with Crippen molar-refractivity contribution in [1.82, 2.24) is 14.3 Å². The monoisotopic (exact) mass is 287 g/mol. The van der Waals surface area contributed by atoms with E-state index in [9.17, 15) is 8.42 Å². The summed E-state index contributed by atoms with van der Waals surface area (Å²) in [7, 11) is 3.38. The van der Waals surface area contributed by atoms with Crippen LogP contribution in [0, 0.1) is 0 Å². The Kier molecular flexibility index (Phi) is 5.74. The highest BCUT2D eigenvalue weighted by Crippen LogP contribution is 2.20. The minimum absolute atomic E-state index is 0.0472. The molecule has 7 heteroatoms. The van der Waals surface area contributed by atoms with Crippen LogP contribution in [0.3, 0.4) is 0 Å². The third kappa shape index (κ3) is 4.79. The number of rotatable bonds is 7. The van der Waals surface area contributed by atoms with Crippen LogP contribution in [0.2, 0.25) is 0 Å². The highest BCUT2D eigenvalue weighted by atomic mass is 32.2. The number of hydrogen-bond acceptors (Lipinski definition) is 4. The maximum Gasteiger partial charge on any atom is 0.276 e. The van der Waals surface area contributed by atoms with E-state index in [4.69, 9.17) is 4.74 Å². The van der Waals surface area contributed by atoms with Crippen LogP contribution in [-0.2, 0) is 10.2 Å². The lowest BCUT2D eigenvalue weighted by Crippen LogP contribution is -2.39. The molecule has 1 atom stereocenters. The van der Waals surface area contributed by atoms with Crippen molar-refractivity contribution in [2.45, 2.75) is 6.04 Å². The molecular weight excluding hydrogens is 266 g/mol. The number of likely N-dealkylation sites (N-methyl/N-ethyl adjacent to an activating group) is 1. The van der Waals surface area contributed by atoms with Gasteiger partial charge in [-0.2, -0.15) is 8.42 Å². The van der Waals surface area contributed by atoms with Crippen LogP contribution < -0.4 is 14.2 Å². The first kappa shape index (κ1) is 15.9. The first-order chi connectivity index (χ1) is 8.89. The van der Waals surface area contributed by atoms with Gasteiger partial charge in [0.1, 0.15) is 5.75 Å². The largest absolute Gasteiger partial charge is 0.497 e. The van der Waals surface area contributed by atoms with Gasteiger partial charge in [0.2, 0.25) is 0 Å². The van der Waals surface area contributed by atoms with Gasteiger partial charge >= 0.3 is 0 Å². The van der Waals surface area contributed by atoms with E-state index in [0.717, 1.165) is 11.3 Å². The number of methoxy groups -OCH3 is 1. The quantitative estimate of drug-likeness (QED) is 0.759. The molecule has 0 amide bonds. The predicted octanol–water partition coefficient (Wildman–Crippen LogP) is 0.352. The van der Waals surface area contributed by atoms with Crippen molar-refractivity contribution in [3.05, 3.63) is 29.8 Å². The van der Waals surface area contributed by atoms with E-state index < -0.39 is 10.2 Å². The molecule has 0 fully saturated rings. The smallest absolute Gasteiger partial charge is 0.276 e. The number of nitrogens with zero attached hydrogens (tertiary/aromatic N) is 1. The van der Waals surface area contributed by atoms with Crippen molar-refractivity contribution >= 4 is 10.2 Å². The van der Waals surface area contributed by atoms with Gasteiger partial charge in [-0.25, -0.2) is 9.44 Å². The second-order valence-corrected chi connectivity index (χ2v) is 6.01. The molecule has 0 saturated carbocycles. The second kappa shape index (κ2) is 6.85. The zero-order valence-corrected chi connectivity index (χ0v) is 12.5. The molecule has 0 heterocycles. The molecule has 108 valence electrons. The topological polar surface area (TPSA) is 70.7 Å². The average molecular weight is 287 g/mol. The summed E-state index contributed by atoms with van der Waals surface area (Å²) in [6.45, 7) is 0.294. The molecule has 1 aromatic carbocycles. The molecule has 1 aromatic rings. The first-order valence-electron chi connectivity index (χ1n) is 5.88.